The summed E-state index contributed by atoms with van der Waals surface area (Å²) in [7, 11) is 0. The zero-order chi connectivity index (χ0) is 13.1. The number of esters is 1. The van der Waals surface area contributed by atoms with Gasteiger partial charge in [-0.05, 0) is 33.1 Å². The van der Waals surface area contributed by atoms with Crippen LogP contribution in [0.3, 0.4) is 0 Å². The molecule has 0 aliphatic carbocycles. The van der Waals surface area contributed by atoms with Crippen molar-refractivity contribution in [2.24, 2.45) is 0 Å². The molecule has 2 unspecified atom stereocenters. The summed E-state index contributed by atoms with van der Waals surface area (Å²) in [5.74, 6) is 2.91. The summed E-state index contributed by atoms with van der Waals surface area (Å²) in [6, 6.07) is 0. The predicted molar refractivity (Wildman–Crippen MR) is 61.1 cm³/mol. The van der Waals surface area contributed by atoms with Crippen LogP contribution in [0.5, 0.6) is 0 Å². The highest BCUT2D eigenvalue weighted by atomic mass is 32.2. The van der Waals surface area contributed by atoms with Gasteiger partial charge in [0.15, 0.2) is 11.1 Å². The molecule has 17 heavy (non-hydrogen) atoms. The Morgan fingerprint density at radius 3 is 2.47 bits per heavy atom. The van der Waals surface area contributed by atoms with Gasteiger partial charge in [-0.2, -0.15) is 0 Å². The molecule has 2 atom stereocenters. The molecule has 0 spiro atoms. The van der Waals surface area contributed by atoms with Crippen LogP contribution in [0.15, 0.2) is 0 Å². The SMILES string of the molecule is CC(C)(C)OC(=O)C#CC(=O)C1CCOS1=O. The van der Waals surface area contributed by atoms with Gasteiger partial charge in [0.1, 0.15) is 10.9 Å². The fraction of sp³-hybridized carbons (Fsp3) is 0.636. The fourth-order valence-electron chi connectivity index (χ4n) is 1.13. The number of Topliss-reactive ketones (excluding diaryl/α,β-unsaturated/α-hetero) is 1. The molecule has 1 aliphatic heterocycles. The number of hydrogen-bond acceptors (Lipinski definition) is 5. The molecular formula is C11H14O5S. The molecule has 1 fully saturated rings. The average molecular weight is 258 g/mol. The second-order valence-electron chi connectivity index (χ2n) is 4.48. The van der Waals surface area contributed by atoms with E-state index < -0.39 is 33.7 Å². The van der Waals surface area contributed by atoms with Crippen molar-refractivity contribution < 1.29 is 22.7 Å². The van der Waals surface area contributed by atoms with Gasteiger partial charge in [0, 0.05) is 5.92 Å². The maximum atomic E-state index is 11.5. The Morgan fingerprint density at radius 1 is 1.35 bits per heavy atom. The summed E-state index contributed by atoms with van der Waals surface area (Å²) in [4.78, 5) is 22.7. The van der Waals surface area contributed by atoms with Crippen LogP contribution < -0.4 is 0 Å². The summed E-state index contributed by atoms with van der Waals surface area (Å²) in [5.41, 5.74) is -0.645. The average Bonchev–Trinajstić information content (AvgIpc) is 2.58. The minimum Gasteiger partial charge on any atom is -0.450 e. The van der Waals surface area contributed by atoms with E-state index >= 15 is 0 Å². The van der Waals surface area contributed by atoms with E-state index in [1.165, 1.54) is 0 Å². The number of rotatable bonds is 1. The first-order valence-electron chi connectivity index (χ1n) is 5.12. The first kappa shape index (κ1) is 13.9. The first-order chi connectivity index (χ1) is 7.79. The summed E-state index contributed by atoms with van der Waals surface area (Å²) in [5, 5.41) is -0.745. The van der Waals surface area contributed by atoms with Crippen molar-refractivity contribution in [2.45, 2.75) is 38.0 Å². The zero-order valence-corrected chi connectivity index (χ0v) is 10.8. The quantitative estimate of drug-likeness (QED) is 0.294. The number of hydrogen-bond donors (Lipinski definition) is 0. The Hall–Kier alpha value is -1.19. The Bertz CT molecular complexity index is 410. The lowest BCUT2D eigenvalue weighted by atomic mass is 10.2. The molecule has 0 aromatic rings. The van der Waals surface area contributed by atoms with E-state index in [1.54, 1.807) is 20.8 Å². The third-order valence-corrected chi connectivity index (χ3v) is 3.10. The third-order valence-electron chi connectivity index (χ3n) is 1.79. The van der Waals surface area contributed by atoms with Gasteiger partial charge in [0.25, 0.3) is 0 Å². The summed E-state index contributed by atoms with van der Waals surface area (Å²) in [6.07, 6.45) is 0.369. The maximum Gasteiger partial charge on any atom is 0.385 e. The number of ether oxygens (including phenoxy) is 1. The minimum absolute atomic E-state index is 0.275. The normalized spacial score (nSPS) is 23.7. The molecule has 0 aromatic carbocycles. The van der Waals surface area contributed by atoms with Crippen molar-refractivity contribution in [3.63, 3.8) is 0 Å². The highest BCUT2D eigenvalue weighted by Gasteiger charge is 2.30. The molecule has 1 rings (SSSR count). The van der Waals surface area contributed by atoms with Crippen molar-refractivity contribution in [2.75, 3.05) is 6.61 Å². The highest BCUT2D eigenvalue weighted by molar-refractivity contribution is 7.82. The van der Waals surface area contributed by atoms with Gasteiger partial charge < -0.3 is 4.74 Å². The molecule has 0 radical (unpaired) electrons. The predicted octanol–water partition coefficient (Wildman–Crippen LogP) is 0.353. The highest BCUT2D eigenvalue weighted by Crippen LogP contribution is 2.13. The molecule has 0 bridgehead atoms. The molecular weight excluding hydrogens is 244 g/mol. The second-order valence-corrected chi connectivity index (χ2v) is 5.80. The molecule has 6 heteroatoms. The smallest absolute Gasteiger partial charge is 0.385 e. The Balaban J connectivity index is 2.57. The van der Waals surface area contributed by atoms with Gasteiger partial charge in [-0.3, -0.25) is 8.98 Å². The largest absolute Gasteiger partial charge is 0.450 e. The minimum atomic E-state index is -1.63. The zero-order valence-electron chi connectivity index (χ0n) is 9.94. The summed E-state index contributed by atoms with van der Waals surface area (Å²) >= 11 is -1.63. The van der Waals surface area contributed by atoms with Crippen LogP contribution >= 0.6 is 0 Å². The van der Waals surface area contributed by atoms with Crippen LogP contribution in [0, 0.1) is 11.8 Å². The van der Waals surface area contributed by atoms with Crippen LogP contribution in [0.1, 0.15) is 27.2 Å². The fourth-order valence-corrected chi connectivity index (χ4v) is 2.08. The topological polar surface area (TPSA) is 69.7 Å². The molecule has 1 aliphatic rings. The van der Waals surface area contributed by atoms with E-state index in [0.29, 0.717) is 6.42 Å². The van der Waals surface area contributed by atoms with E-state index in [-0.39, 0.29) is 6.61 Å². The molecule has 94 valence electrons. The van der Waals surface area contributed by atoms with Crippen LogP contribution in [-0.2, 0) is 29.6 Å². The summed E-state index contributed by atoms with van der Waals surface area (Å²) < 4.78 is 20.8. The van der Waals surface area contributed by atoms with Crippen molar-refractivity contribution >= 4 is 22.8 Å². The molecule has 0 saturated carbocycles. The number of carbonyl (C=O) groups excluding carboxylic acids is 2. The first-order valence-corrected chi connectivity index (χ1v) is 6.26. The van der Waals surface area contributed by atoms with E-state index in [1.807, 2.05) is 0 Å². The third kappa shape index (κ3) is 4.67. The standard InChI is InChI=1S/C11H14O5S/c1-11(2,3)16-10(13)5-4-8(12)9-6-7-15-17(9)14/h9H,6-7H2,1-3H3. The van der Waals surface area contributed by atoms with Crippen molar-refractivity contribution in [3.05, 3.63) is 0 Å². The molecule has 0 aromatic heterocycles. The van der Waals surface area contributed by atoms with Gasteiger partial charge in [0.2, 0.25) is 5.78 Å². The van der Waals surface area contributed by atoms with Gasteiger partial charge in [-0.1, -0.05) is 0 Å². The lowest BCUT2D eigenvalue weighted by molar-refractivity contribution is -0.147. The van der Waals surface area contributed by atoms with Crippen molar-refractivity contribution in [3.8, 4) is 11.8 Å². The Morgan fingerprint density at radius 2 is 2.00 bits per heavy atom. The Kier molecular flexibility index (Phi) is 4.43. The van der Waals surface area contributed by atoms with Gasteiger partial charge in [-0.25, -0.2) is 9.00 Å². The van der Waals surface area contributed by atoms with Crippen LogP contribution in [0.2, 0.25) is 0 Å². The van der Waals surface area contributed by atoms with Crippen LogP contribution in [-0.4, -0.2) is 33.4 Å². The van der Waals surface area contributed by atoms with Crippen LogP contribution in [0.25, 0.3) is 0 Å². The van der Waals surface area contributed by atoms with E-state index in [4.69, 9.17) is 8.92 Å². The van der Waals surface area contributed by atoms with Crippen molar-refractivity contribution in [1.29, 1.82) is 0 Å². The Labute approximate surface area is 103 Å². The summed E-state index contributed by atoms with van der Waals surface area (Å²) in [6.45, 7) is 5.38. The number of carbonyl (C=O) groups is 2. The molecule has 0 N–H and O–H groups in total. The van der Waals surface area contributed by atoms with E-state index in [9.17, 15) is 13.8 Å². The molecule has 5 nitrogen and oxygen atoms in total. The lowest BCUT2D eigenvalue weighted by Crippen LogP contribution is -2.23. The van der Waals surface area contributed by atoms with Gasteiger partial charge >= 0.3 is 5.97 Å². The maximum absolute atomic E-state index is 11.5. The lowest BCUT2D eigenvalue weighted by Gasteiger charge is -2.16. The van der Waals surface area contributed by atoms with Gasteiger partial charge in [0.05, 0.1) is 6.61 Å². The van der Waals surface area contributed by atoms with Crippen molar-refractivity contribution in [1.82, 2.24) is 0 Å². The monoisotopic (exact) mass is 258 g/mol. The van der Waals surface area contributed by atoms with Crippen LogP contribution in [0.4, 0.5) is 0 Å². The van der Waals surface area contributed by atoms with E-state index in [2.05, 4.69) is 11.8 Å². The molecule has 1 saturated heterocycles. The second kappa shape index (κ2) is 5.43. The van der Waals surface area contributed by atoms with E-state index in [0.717, 1.165) is 0 Å². The number of ketones is 1. The molecule has 0 amide bonds. The van der Waals surface area contributed by atoms with Gasteiger partial charge in [-0.15, -0.1) is 0 Å². The molecule has 1 heterocycles.